The van der Waals surface area contributed by atoms with Crippen LogP contribution >= 0.6 is 27.3 Å². The smallest absolute Gasteiger partial charge is 0.267 e. The van der Waals surface area contributed by atoms with Gasteiger partial charge in [0.25, 0.3) is 6.43 Å². The van der Waals surface area contributed by atoms with Crippen LogP contribution in [0.25, 0.3) is 10.6 Å². The molecule has 0 aliphatic rings. The maximum atomic E-state index is 13.0. The van der Waals surface area contributed by atoms with E-state index in [-0.39, 0.29) is 11.6 Å². The van der Waals surface area contributed by atoms with E-state index in [1.54, 1.807) is 4.68 Å². The molecule has 18 heavy (non-hydrogen) atoms. The first-order chi connectivity index (χ1) is 8.40. The second-order valence-corrected chi connectivity index (χ2v) is 6.43. The molecule has 0 saturated heterocycles. The van der Waals surface area contributed by atoms with Crippen LogP contribution in [-0.2, 0) is 0 Å². The van der Waals surface area contributed by atoms with E-state index < -0.39 is 6.43 Å². The third-order valence-electron chi connectivity index (χ3n) is 2.62. The van der Waals surface area contributed by atoms with Gasteiger partial charge in [0.15, 0.2) is 0 Å². The fourth-order valence-electron chi connectivity index (χ4n) is 1.60. The molecule has 2 rings (SSSR count). The minimum Gasteiger partial charge on any atom is -0.269 e. The summed E-state index contributed by atoms with van der Waals surface area (Å²) in [5, 5.41) is 4.28. The Bertz CT molecular complexity index is 541. The van der Waals surface area contributed by atoms with Crippen LogP contribution in [0.1, 0.15) is 36.8 Å². The van der Waals surface area contributed by atoms with Crippen LogP contribution in [-0.4, -0.2) is 9.78 Å². The van der Waals surface area contributed by atoms with Crippen LogP contribution in [0.2, 0.25) is 0 Å². The van der Waals surface area contributed by atoms with Crippen molar-refractivity contribution < 1.29 is 8.78 Å². The van der Waals surface area contributed by atoms with Crippen LogP contribution in [0.4, 0.5) is 8.78 Å². The molecule has 0 radical (unpaired) electrons. The Morgan fingerprint density at radius 1 is 1.39 bits per heavy atom. The molecule has 0 atom stereocenters. The Morgan fingerprint density at radius 2 is 2.06 bits per heavy atom. The molecular weight excluding hydrogens is 322 g/mol. The highest BCUT2D eigenvalue weighted by atomic mass is 79.9. The van der Waals surface area contributed by atoms with E-state index in [9.17, 15) is 8.78 Å². The predicted octanol–water partition coefficient (Wildman–Crippen LogP) is 5.20. The number of aromatic nitrogens is 2. The number of hydrogen-bond acceptors (Lipinski definition) is 2. The average molecular weight is 335 g/mol. The number of rotatable bonds is 3. The van der Waals surface area contributed by atoms with E-state index in [1.807, 2.05) is 26.8 Å². The lowest BCUT2D eigenvalue weighted by atomic mass is 10.2. The molecule has 2 heterocycles. The largest absolute Gasteiger partial charge is 0.269 e. The second-order valence-electron chi connectivity index (χ2n) is 4.32. The van der Waals surface area contributed by atoms with Crippen molar-refractivity contribution >= 4 is 27.3 Å². The van der Waals surface area contributed by atoms with Crippen molar-refractivity contribution in [3.8, 4) is 10.6 Å². The maximum absolute atomic E-state index is 13.0. The molecule has 98 valence electrons. The summed E-state index contributed by atoms with van der Waals surface area (Å²) in [5.74, 6) is 0. The molecule has 2 nitrogen and oxygen atoms in total. The summed E-state index contributed by atoms with van der Waals surface area (Å²) in [6, 6.07) is 1.92. The van der Waals surface area contributed by atoms with Gasteiger partial charge in [-0.2, -0.15) is 5.10 Å². The van der Waals surface area contributed by atoms with E-state index in [4.69, 9.17) is 0 Å². The van der Waals surface area contributed by atoms with E-state index in [0.717, 1.165) is 14.2 Å². The zero-order valence-corrected chi connectivity index (χ0v) is 12.6. The van der Waals surface area contributed by atoms with Gasteiger partial charge >= 0.3 is 0 Å². The molecule has 0 bridgehead atoms. The first-order valence-electron chi connectivity index (χ1n) is 5.53. The highest BCUT2D eigenvalue weighted by Crippen LogP contribution is 2.38. The number of thiophene rings is 1. The highest BCUT2D eigenvalue weighted by molar-refractivity contribution is 9.10. The van der Waals surface area contributed by atoms with E-state index in [2.05, 4.69) is 21.0 Å². The minimum absolute atomic E-state index is 0.00236. The maximum Gasteiger partial charge on any atom is 0.267 e. The normalized spacial score (nSPS) is 11.8. The summed E-state index contributed by atoms with van der Waals surface area (Å²) in [5.41, 5.74) is 0.384. The number of nitrogens with zero attached hydrogens (tertiary/aromatic N) is 2. The lowest BCUT2D eigenvalue weighted by Crippen LogP contribution is -2.00. The van der Waals surface area contributed by atoms with Crippen molar-refractivity contribution in [3.63, 3.8) is 0 Å². The number of alkyl halides is 2. The van der Waals surface area contributed by atoms with Crippen LogP contribution in [0.3, 0.4) is 0 Å². The van der Waals surface area contributed by atoms with Crippen molar-refractivity contribution in [1.29, 1.82) is 0 Å². The van der Waals surface area contributed by atoms with Crippen LogP contribution < -0.4 is 0 Å². The van der Waals surface area contributed by atoms with Crippen LogP contribution in [0.15, 0.2) is 16.7 Å². The molecule has 2 aromatic heterocycles. The molecular formula is C12H13BrF2N2S. The lowest BCUT2D eigenvalue weighted by molar-refractivity contribution is 0.152. The lowest BCUT2D eigenvalue weighted by Gasteiger charge is -2.02. The van der Waals surface area contributed by atoms with Gasteiger partial charge in [0.05, 0.1) is 10.4 Å². The van der Waals surface area contributed by atoms with Gasteiger partial charge in [0, 0.05) is 21.6 Å². The van der Waals surface area contributed by atoms with Gasteiger partial charge in [-0.05, 0) is 42.8 Å². The van der Waals surface area contributed by atoms with Gasteiger partial charge in [0.1, 0.15) is 5.69 Å². The molecule has 0 saturated carbocycles. The summed E-state index contributed by atoms with van der Waals surface area (Å²) in [7, 11) is 0. The Kier molecular flexibility index (Phi) is 3.87. The van der Waals surface area contributed by atoms with Gasteiger partial charge < -0.3 is 0 Å². The van der Waals surface area contributed by atoms with Crippen molar-refractivity contribution in [3.05, 3.63) is 27.2 Å². The van der Waals surface area contributed by atoms with Gasteiger partial charge in [0.2, 0.25) is 0 Å². The van der Waals surface area contributed by atoms with Gasteiger partial charge in [-0.3, -0.25) is 4.68 Å². The monoisotopic (exact) mass is 334 g/mol. The zero-order chi connectivity index (χ0) is 13.4. The molecule has 0 amide bonds. The summed E-state index contributed by atoms with van der Waals surface area (Å²) in [6.45, 7) is 5.78. The second kappa shape index (κ2) is 5.09. The van der Waals surface area contributed by atoms with E-state index in [0.29, 0.717) is 5.69 Å². The molecule has 6 heteroatoms. The fraction of sp³-hybridized carbons (Fsp3) is 0.417. The number of aryl methyl sites for hydroxylation is 1. The summed E-state index contributed by atoms with van der Waals surface area (Å²) >= 11 is 4.87. The summed E-state index contributed by atoms with van der Waals surface area (Å²) in [4.78, 5) is 1.83. The molecule has 0 unspecified atom stereocenters. The van der Waals surface area contributed by atoms with Crippen molar-refractivity contribution in [2.45, 2.75) is 33.2 Å². The third kappa shape index (κ3) is 2.49. The van der Waals surface area contributed by atoms with Crippen molar-refractivity contribution in [2.24, 2.45) is 0 Å². The van der Waals surface area contributed by atoms with Crippen molar-refractivity contribution in [1.82, 2.24) is 9.78 Å². The van der Waals surface area contributed by atoms with Crippen molar-refractivity contribution in [2.75, 3.05) is 0 Å². The van der Waals surface area contributed by atoms with E-state index in [1.165, 1.54) is 17.5 Å². The molecule has 0 N–H and O–H groups in total. The Hall–Kier alpha value is -0.750. The highest BCUT2D eigenvalue weighted by Gasteiger charge is 2.21. The Labute approximate surface area is 117 Å². The SMILES string of the molecule is Cc1sc(-c2nn(C(C)C)cc2C(F)F)cc1Br. The van der Waals surface area contributed by atoms with Gasteiger partial charge in [-0.25, -0.2) is 8.78 Å². The van der Waals surface area contributed by atoms with Crippen LogP contribution in [0, 0.1) is 6.92 Å². The van der Waals surface area contributed by atoms with Crippen LogP contribution in [0.5, 0.6) is 0 Å². The summed E-state index contributed by atoms with van der Waals surface area (Å²) < 4.78 is 28.6. The third-order valence-corrected chi connectivity index (χ3v) is 4.76. The van der Waals surface area contributed by atoms with Gasteiger partial charge in [-0.15, -0.1) is 11.3 Å². The van der Waals surface area contributed by atoms with E-state index >= 15 is 0 Å². The quantitative estimate of drug-likeness (QED) is 0.754. The number of hydrogen-bond donors (Lipinski definition) is 0. The predicted molar refractivity (Wildman–Crippen MR) is 73.3 cm³/mol. The fourth-order valence-corrected chi connectivity index (χ4v) is 3.14. The standard InChI is InChI=1S/C12H13BrF2N2S/c1-6(2)17-5-8(12(14)15)11(16-17)10-4-9(13)7(3)18-10/h4-6,12H,1-3H3. The first-order valence-corrected chi connectivity index (χ1v) is 7.14. The molecule has 2 aromatic rings. The zero-order valence-electron chi connectivity index (χ0n) is 10.2. The molecule has 0 aliphatic heterocycles. The Balaban J connectivity index is 2.54. The topological polar surface area (TPSA) is 17.8 Å². The first kappa shape index (κ1) is 13.7. The summed E-state index contributed by atoms with van der Waals surface area (Å²) in [6.07, 6.45) is -1.07. The van der Waals surface area contributed by atoms with Gasteiger partial charge in [-0.1, -0.05) is 0 Å². The molecule has 0 aliphatic carbocycles. The number of halogens is 3. The molecule has 0 aromatic carbocycles. The average Bonchev–Trinajstić information content (AvgIpc) is 2.83. The minimum atomic E-state index is -2.51. The molecule has 0 fully saturated rings. The Morgan fingerprint density at radius 3 is 2.50 bits per heavy atom. The molecule has 0 spiro atoms.